The Kier molecular flexibility index (Phi) is 7.01. The van der Waals surface area contributed by atoms with Crippen molar-refractivity contribution in [3.05, 3.63) is 35.9 Å². The quantitative estimate of drug-likeness (QED) is 0.838. The average Bonchev–Trinajstić information content (AvgIpc) is 2.55. The van der Waals surface area contributed by atoms with E-state index in [-0.39, 0.29) is 12.4 Å². The highest BCUT2D eigenvalue weighted by molar-refractivity contribution is 5.85. The van der Waals surface area contributed by atoms with Gasteiger partial charge >= 0.3 is 0 Å². The minimum absolute atomic E-state index is 0. The molecule has 21 heavy (non-hydrogen) atoms. The summed E-state index contributed by atoms with van der Waals surface area (Å²) in [7, 11) is 0. The second-order valence-electron chi connectivity index (χ2n) is 6.41. The van der Waals surface area contributed by atoms with Gasteiger partial charge in [-0.1, -0.05) is 49.6 Å². The van der Waals surface area contributed by atoms with Crippen molar-refractivity contribution in [2.75, 3.05) is 32.7 Å². The first-order valence-electron chi connectivity index (χ1n) is 8.42. The van der Waals surface area contributed by atoms with Crippen molar-refractivity contribution in [3.8, 4) is 0 Å². The fraction of sp³-hybridized carbons (Fsp3) is 0.667. The molecule has 3 heteroatoms. The van der Waals surface area contributed by atoms with Crippen LogP contribution < -0.4 is 0 Å². The van der Waals surface area contributed by atoms with Crippen LogP contribution in [-0.4, -0.2) is 48.6 Å². The first-order chi connectivity index (χ1) is 9.92. The number of piperazine rings is 1. The van der Waals surface area contributed by atoms with Crippen molar-refractivity contribution >= 4 is 12.4 Å². The normalized spacial score (nSPS) is 21.9. The van der Waals surface area contributed by atoms with Crippen LogP contribution in [0.1, 0.15) is 37.7 Å². The zero-order valence-electron chi connectivity index (χ0n) is 13.0. The summed E-state index contributed by atoms with van der Waals surface area (Å²) in [5.41, 5.74) is 1.47. The molecule has 2 nitrogen and oxygen atoms in total. The summed E-state index contributed by atoms with van der Waals surface area (Å²) in [6, 6.07) is 11.8. The molecule has 0 unspecified atom stereocenters. The van der Waals surface area contributed by atoms with Crippen molar-refractivity contribution in [3.63, 3.8) is 0 Å². The Morgan fingerprint density at radius 2 is 1.52 bits per heavy atom. The number of hydrogen-bond acceptors (Lipinski definition) is 2. The van der Waals surface area contributed by atoms with Gasteiger partial charge in [-0.15, -0.1) is 12.4 Å². The van der Waals surface area contributed by atoms with Gasteiger partial charge in [-0.3, -0.25) is 4.90 Å². The first-order valence-corrected chi connectivity index (χ1v) is 8.42. The second-order valence-corrected chi connectivity index (χ2v) is 6.41. The summed E-state index contributed by atoms with van der Waals surface area (Å²) in [6.07, 6.45) is 8.48. The zero-order chi connectivity index (χ0) is 13.6. The molecular formula is C18H29ClN2. The molecule has 0 N–H and O–H groups in total. The Hall–Kier alpha value is -0.570. The molecule has 1 aromatic carbocycles. The maximum Gasteiger partial charge on any atom is 0.0113 e. The molecule has 1 aliphatic heterocycles. The van der Waals surface area contributed by atoms with Gasteiger partial charge in [0.05, 0.1) is 0 Å². The van der Waals surface area contributed by atoms with E-state index in [2.05, 4.69) is 40.1 Å². The Labute approximate surface area is 135 Å². The van der Waals surface area contributed by atoms with Crippen molar-refractivity contribution in [1.29, 1.82) is 0 Å². The van der Waals surface area contributed by atoms with Crippen LogP contribution in [0, 0.1) is 0 Å². The van der Waals surface area contributed by atoms with E-state index in [0.29, 0.717) is 0 Å². The zero-order valence-corrected chi connectivity index (χ0v) is 13.9. The van der Waals surface area contributed by atoms with Gasteiger partial charge in [0, 0.05) is 38.8 Å². The van der Waals surface area contributed by atoms with E-state index in [9.17, 15) is 0 Å². The molecule has 1 saturated heterocycles. The summed E-state index contributed by atoms with van der Waals surface area (Å²) >= 11 is 0. The van der Waals surface area contributed by atoms with Crippen LogP contribution in [0.3, 0.4) is 0 Å². The standard InChI is InChI=1S/C18H28N2.ClH/c1-3-7-17(8-4-1)11-12-19-13-15-20(16-14-19)18-9-5-2-6-10-18;/h1,3-4,7-8,18H,2,5-6,9-16H2;1H. The topological polar surface area (TPSA) is 6.48 Å². The highest BCUT2D eigenvalue weighted by Crippen LogP contribution is 2.23. The molecule has 3 rings (SSSR count). The Bertz CT molecular complexity index is 381. The predicted molar refractivity (Wildman–Crippen MR) is 92.3 cm³/mol. The predicted octanol–water partition coefficient (Wildman–Crippen LogP) is 3.60. The molecule has 1 saturated carbocycles. The monoisotopic (exact) mass is 308 g/mol. The van der Waals surface area contributed by atoms with Gasteiger partial charge in [-0.05, 0) is 24.8 Å². The average molecular weight is 309 g/mol. The number of nitrogens with zero attached hydrogens (tertiary/aromatic N) is 2. The highest BCUT2D eigenvalue weighted by Gasteiger charge is 2.24. The van der Waals surface area contributed by atoms with Crippen LogP contribution in [0.5, 0.6) is 0 Å². The maximum absolute atomic E-state index is 2.76. The highest BCUT2D eigenvalue weighted by atomic mass is 35.5. The van der Waals surface area contributed by atoms with E-state index in [1.807, 2.05) is 0 Å². The number of benzene rings is 1. The second kappa shape index (κ2) is 8.77. The molecule has 118 valence electrons. The molecule has 0 bridgehead atoms. The molecule has 0 spiro atoms. The van der Waals surface area contributed by atoms with Gasteiger partial charge in [0.15, 0.2) is 0 Å². The van der Waals surface area contributed by atoms with E-state index < -0.39 is 0 Å². The van der Waals surface area contributed by atoms with Crippen molar-refractivity contribution < 1.29 is 0 Å². The molecule has 0 atom stereocenters. The first kappa shape index (κ1) is 16.8. The van der Waals surface area contributed by atoms with Crippen molar-refractivity contribution in [2.24, 2.45) is 0 Å². The molecule has 0 amide bonds. The van der Waals surface area contributed by atoms with Gasteiger partial charge in [-0.25, -0.2) is 0 Å². The summed E-state index contributed by atoms with van der Waals surface area (Å²) < 4.78 is 0. The minimum Gasteiger partial charge on any atom is -0.300 e. The maximum atomic E-state index is 2.76. The van der Waals surface area contributed by atoms with Crippen LogP contribution in [0.15, 0.2) is 30.3 Å². The number of rotatable bonds is 4. The summed E-state index contributed by atoms with van der Waals surface area (Å²) in [6.45, 7) is 6.34. The van der Waals surface area contributed by atoms with E-state index in [0.717, 1.165) is 6.04 Å². The molecule has 1 heterocycles. The summed E-state index contributed by atoms with van der Waals surface area (Å²) in [5.74, 6) is 0. The van der Waals surface area contributed by atoms with Gasteiger partial charge in [0.1, 0.15) is 0 Å². The third kappa shape index (κ3) is 4.98. The lowest BCUT2D eigenvalue weighted by molar-refractivity contribution is 0.0796. The van der Waals surface area contributed by atoms with Crippen LogP contribution in [0.4, 0.5) is 0 Å². The third-order valence-corrected chi connectivity index (χ3v) is 5.06. The molecule has 1 aromatic rings. The SMILES string of the molecule is Cl.c1ccc(CCN2CCN(C3CCCCC3)CC2)cc1. The fourth-order valence-corrected chi connectivity index (χ4v) is 3.73. The van der Waals surface area contributed by atoms with Crippen LogP contribution in [0.2, 0.25) is 0 Å². The van der Waals surface area contributed by atoms with E-state index in [4.69, 9.17) is 0 Å². The van der Waals surface area contributed by atoms with Crippen molar-refractivity contribution in [2.45, 2.75) is 44.6 Å². The molecule has 0 aromatic heterocycles. The van der Waals surface area contributed by atoms with E-state index in [1.54, 1.807) is 0 Å². The molecular weight excluding hydrogens is 280 g/mol. The van der Waals surface area contributed by atoms with Crippen LogP contribution in [0.25, 0.3) is 0 Å². The lowest BCUT2D eigenvalue weighted by Crippen LogP contribution is -2.51. The summed E-state index contributed by atoms with van der Waals surface area (Å²) in [4.78, 5) is 5.41. The van der Waals surface area contributed by atoms with Crippen LogP contribution >= 0.6 is 12.4 Å². The summed E-state index contributed by atoms with van der Waals surface area (Å²) in [5, 5.41) is 0. The lowest BCUT2D eigenvalue weighted by Gasteiger charge is -2.40. The lowest BCUT2D eigenvalue weighted by atomic mass is 9.94. The van der Waals surface area contributed by atoms with E-state index >= 15 is 0 Å². The Balaban J connectivity index is 0.00000161. The Morgan fingerprint density at radius 1 is 0.857 bits per heavy atom. The van der Waals surface area contributed by atoms with Crippen LogP contribution in [-0.2, 0) is 6.42 Å². The Morgan fingerprint density at radius 3 is 2.19 bits per heavy atom. The van der Waals surface area contributed by atoms with Gasteiger partial charge < -0.3 is 4.90 Å². The molecule has 1 aliphatic carbocycles. The molecule has 2 fully saturated rings. The number of hydrogen-bond donors (Lipinski definition) is 0. The molecule has 0 radical (unpaired) electrons. The smallest absolute Gasteiger partial charge is 0.0113 e. The number of halogens is 1. The fourth-order valence-electron chi connectivity index (χ4n) is 3.73. The minimum atomic E-state index is 0. The largest absolute Gasteiger partial charge is 0.300 e. The van der Waals surface area contributed by atoms with Gasteiger partial charge in [0.25, 0.3) is 0 Å². The van der Waals surface area contributed by atoms with Gasteiger partial charge in [0.2, 0.25) is 0 Å². The van der Waals surface area contributed by atoms with Crippen molar-refractivity contribution in [1.82, 2.24) is 9.80 Å². The molecule has 2 aliphatic rings. The van der Waals surface area contributed by atoms with E-state index in [1.165, 1.54) is 76.8 Å². The van der Waals surface area contributed by atoms with Gasteiger partial charge in [-0.2, -0.15) is 0 Å². The third-order valence-electron chi connectivity index (χ3n) is 5.06.